The van der Waals surface area contributed by atoms with Gasteiger partial charge in [-0.25, -0.2) is 4.98 Å². The zero-order chi connectivity index (χ0) is 18.2. The Kier molecular flexibility index (Phi) is 6.28. The molecular weight excluding hydrogens is 348 g/mol. The summed E-state index contributed by atoms with van der Waals surface area (Å²) in [6.45, 7) is 3.33. The molecule has 0 radical (unpaired) electrons. The molecule has 2 N–H and O–H groups in total. The van der Waals surface area contributed by atoms with Gasteiger partial charge in [0.1, 0.15) is 11.6 Å². The van der Waals surface area contributed by atoms with E-state index in [0.717, 1.165) is 35.2 Å². The Labute approximate surface area is 158 Å². The molecule has 0 saturated carbocycles. The molecule has 1 heterocycles. The Bertz CT molecular complexity index is 839. The van der Waals surface area contributed by atoms with Crippen molar-refractivity contribution in [3.8, 4) is 5.75 Å². The van der Waals surface area contributed by atoms with E-state index in [-0.39, 0.29) is 0 Å². The average molecular weight is 369 g/mol. The number of hydrogen-bond donors (Lipinski definition) is 2. The lowest BCUT2D eigenvalue weighted by Crippen LogP contribution is -2.08. The van der Waals surface area contributed by atoms with Crippen molar-refractivity contribution in [2.24, 2.45) is 0 Å². The number of para-hydroxylation sites is 2. The Balaban J connectivity index is 1.60. The molecule has 5 nitrogen and oxygen atoms in total. The summed E-state index contributed by atoms with van der Waals surface area (Å²) < 4.78 is 5.62. The van der Waals surface area contributed by atoms with Gasteiger partial charge < -0.3 is 15.4 Å². The van der Waals surface area contributed by atoms with Crippen molar-refractivity contribution in [3.63, 3.8) is 0 Å². The van der Waals surface area contributed by atoms with Gasteiger partial charge in [-0.3, -0.25) is 0 Å². The third-order valence-corrected chi connectivity index (χ3v) is 3.97. The molecular formula is C20H21ClN4O. The first-order valence-corrected chi connectivity index (χ1v) is 8.92. The Morgan fingerprint density at radius 2 is 1.85 bits per heavy atom. The molecule has 6 heteroatoms. The first kappa shape index (κ1) is 18.0. The fourth-order valence-corrected chi connectivity index (χ4v) is 2.60. The molecule has 3 rings (SSSR count). The lowest BCUT2D eigenvalue weighted by molar-refractivity contribution is 0.342. The number of benzene rings is 2. The fraction of sp³-hybridized carbons (Fsp3) is 0.200. The maximum absolute atomic E-state index is 5.91. The highest BCUT2D eigenvalue weighted by Gasteiger charge is 2.05. The third-order valence-electron chi connectivity index (χ3n) is 3.72. The molecule has 0 fully saturated rings. The molecule has 0 bridgehead atoms. The van der Waals surface area contributed by atoms with Crippen LogP contribution in [0.2, 0.25) is 5.02 Å². The van der Waals surface area contributed by atoms with Crippen LogP contribution in [0.1, 0.15) is 12.5 Å². The SMILES string of the molecule is CCOc1ccccc1Nc1nccc(NCCc2ccc(Cl)cc2)n1. The lowest BCUT2D eigenvalue weighted by atomic mass is 10.1. The van der Waals surface area contributed by atoms with Gasteiger partial charge in [0, 0.05) is 17.8 Å². The largest absolute Gasteiger partial charge is 0.492 e. The molecule has 1 aromatic heterocycles. The molecule has 0 unspecified atom stereocenters. The summed E-state index contributed by atoms with van der Waals surface area (Å²) in [6, 6.07) is 17.4. The zero-order valence-corrected chi connectivity index (χ0v) is 15.3. The summed E-state index contributed by atoms with van der Waals surface area (Å²) in [5.41, 5.74) is 2.06. The van der Waals surface area contributed by atoms with E-state index in [1.54, 1.807) is 6.20 Å². The molecule has 0 amide bonds. The van der Waals surface area contributed by atoms with Gasteiger partial charge in [0.2, 0.25) is 5.95 Å². The van der Waals surface area contributed by atoms with Crippen LogP contribution in [0.5, 0.6) is 5.75 Å². The number of nitrogens with one attached hydrogen (secondary N) is 2. The van der Waals surface area contributed by atoms with E-state index < -0.39 is 0 Å². The molecule has 134 valence electrons. The fourth-order valence-electron chi connectivity index (χ4n) is 2.48. The van der Waals surface area contributed by atoms with Gasteiger partial charge in [-0.05, 0) is 49.2 Å². The zero-order valence-electron chi connectivity index (χ0n) is 14.6. The number of anilines is 3. The van der Waals surface area contributed by atoms with E-state index in [1.165, 1.54) is 5.56 Å². The molecule has 0 aliphatic rings. The summed E-state index contributed by atoms with van der Waals surface area (Å²) in [7, 11) is 0. The van der Waals surface area contributed by atoms with Crippen molar-refractivity contribution in [1.82, 2.24) is 9.97 Å². The molecule has 0 aliphatic carbocycles. The van der Waals surface area contributed by atoms with Gasteiger partial charge in [-0.15, -0.1) is 0 Å². The highest BCUT2D eigenvalue weighted by Crippen LogP contribution is 2.26. The average Bonchev–Trinajstić information content (AvgIpc) is 2.66. The van der Waals surface area contributed by atoms with Gasteiger partial charge in [0.15, 0.2) is 0 Å². The van der Waals surface area contributed by atoms with Crippen LogP contribution < -0.4 is 15.4 Å². The highest BCUT2D eigenvalue weighted by atomic mass is 35.5. The number of halogens is 1. The first-order chi connectivity index (χ1) is 12.7. The third kappa shape index (κ3) is 5.10. The molecule has 0 spiro atoms. The molecule has 3 aromatic rings. The smallest absolute Gasteiger partial charge is 0.229 e. The summed E-state index contributed by atoms with van der Waals surface area (Å²) in [4.78, 5) is 8.78. The van der Waals surface area contributed by atoms with Crippen LogP contribution in [0.25, 0.3) is 0 Å². The first-order valence-electron chi connectivity index (χ1n) is 8.55. The van der Waals surface area contributed by atoms with Crippen LogP contribution in [-0.4, -0.2) is 23.1 Å². The van der Waals surface area contributed by atoms with Crippen LogP contribution >= 0.6 is 11.6 Å². The van der Waals surface area contributed by atoms with E-state index >= 15 is 0 Å². The van der Waals surface area contributed by atoms with Gasteiger partial charge >= 0.3 is 0 Å². The van der Waals surface area contributed by atoms with Crippen LogP contribution in [0.15, 0.2) is 60.8 Å². The Morgan fingerprint density at radius 1 is 1.04 bits per heavy atom. The molecule has 0 atom stereocenters. The maximum Gasteiger partial charge on any atom is 0.229 e. The summed E-state index contributed by atoms with van der Waals surface area (Å²) in [5, 5.41) is 7.28. The standard InChI is InChI=1S/C20H21ClN4O/c1-2-26-18-6-4-3-5-17(18)24-20-23-14-12-19(25-20)22-13-11-15-7-9-16(21)10-8-15/h3-10,12,14H,2,11,13H2,1H3,(H2,22,23,24,25). The van der Waals surface area contributed by atoms with Gasteiger partial charge in [0.25, 0.3) is 0 Å². The highest BCUT2D eigenvalue weighted by molar-refractivity contribution is 6.30. The van der Waals surface area contributed by atoms with Gasteiger partial charge in [-0.1, -0.05) is 35.9 Å². The van der Waals surface area contributed by atoms with E-state index in [9.17, 15) is 0 Å². The van der Waals surface area contributed by atoms with Crippen molar-refractivity contribution in [2.75, 3.05) is 23.8 Å². The van der Waals surface area contributed by atoms with Crippen LogP contribution in [-0.2, 0) is 6.42 Å². The van der Waals surface area contributed by atoms with Crippen LogP contribution in [0, 0.1) is 0 Å². The predicted octanol–water partition coefficient (Wildman–Crippen LogP) is 4.93. The van der Waals surface area contributed by atoms with E-state index in [2.05, 4.69) is 20.6 Å². The van der Waals surface area contributed by atoms with Gasteiger partial charge in [0.05, 0.1) is 12.3 Å². The van der Waals surface area contributed by atoms with Crippen LogP contribution in [0.3, 0.4) is 0 Å². The monoisotopic (exact) mass is 368 g/mol. The number of hydrogen-bond acceptors (Lipinski definition) is 5. The van der Waals surface area contributed by atoms with Crippen LogP contribution in [0.4, 0.5) is 17.5 Å². The predicted molar refractivity (Wildman–Crippen MR) is 107 cm³/mol. The quantitative estimate of drug-likeness (QED) is 0.590. The van der Waals surface area contributed by atoms with E-state index in [1.807, 2.05) is 61.5 Å². The maximum atomic E-state index is 5.91. The van der Waals surface area contributed by atoms with Crippen molar-refractivity contribution in [2.45, 2.75) is 13.3 Å². The van der Waals surface area contributed by atoms with Crippen molar-refractivity contribution in [3.05, 3.63) is 71.4 Å². The molecule has 2 aromatic carbocycles. The van der Waals surface area contributed by atoms with E-state index in [4.69, 9.17) is 16.3 Å². The van der Waals surface area contributed by atoms with E-state index in [0.29, 0.717) is 12.6 Å². The summed E-state index contributed by atoms with van der Waals surface area (Å²) in [5.74, 6) is 2.07. The topological polar surface area (TPSA) is 59.1 Å². The molecule has 0 saturated heterocycles. The number of ether oxygens (including phenoxy) is 1. The Hall–Kier alpha value is -2.79. The number of rotatable bonds is 8. The lowest BCUT2D eigenvalue weighted by Gasteiger charge is -2.12. The number of nitrogens with zero attached hydrogens (tertiary/aromatic N) is 2. The second kappa shape index (κ2) is 9.06. The summed E-state index contributed by atoms with van der Waals surface area (Å²) >= 11 is 5.91. The second-order valence-electron chi connectivity index (χ2n) is 5.62. The number of aromatic nitrogens is 2. The minimum Gasteiger partial charge on any atom is -0.492 e. The molecule has 0 aliphatic heterocycles. The van der Waals surface area contributed by atoms with Crippen molar-refractivity contribution in [1.29, 1.82) is 0 Å². The normalized spacial score (nSPS) is 10.4. The van der Waals surface area contributed by atoms with Crippen molar-refractivity contribution < 1.29 is 4.74 Å². The van der Waals surface area contributed by atoms with Gasteiger partial charge in [-0.2, -0.15) is 4.98 Å². The molecule has 26 heavy (non-hydrogen) atoms. The summed E-state index contributed by atoms with van der Waals surface area (Å²) in [6.07, 6.45) is 2.61. The minimum absolute atomic E-state index is 0.522. The van der Waals surface area contributed by atoms with Crippen molar-refractivity contribution >= 4 is 29.1 Å². The minimum atomic E-state index is 0.522. The Morgan fingerprint density at radius 3 is 2.65 bits per heavy atom. The second-order valence-corrected chi connectivity index (χ2v) is 6.06.